The van der Waals surface area contributed by atoms with Crippen LogP contribution in [-0.4, -0.2) is 29.7 Å². The zero-order valence-corrected chi connectivity index (χ0v) is 20.5. The molecule has 0 spiro atoms. The van der Waals surface area contributed by atoms with Crippen LogP contribution in [0.5, 0.6) is 5.75 Å². The minimum absolute atomic E-state index is 0.0243. The van der Waals surface area contributed by atoms with E-state index in [9.17, 15) is 14.7 Å². The summed E-state index contributed by atoms with van der Waals surface area (Å²) >= 11 is 5.87. The van der Waals surface area contributed by atoms with Gasteiger partial charge in [-0.1, -0.05) is 48.0 Å². The second kappa shape index (κ2) is 11.7. The molecule has 7 nitrogen and oxygen atoms in total. The molecule has 1 aliphatic carbocycles. The Morgan fingerprint density at radius 2 is 1.83 bits per heavy atom. The molecule has 1 fully saturated rings. The van der Waals surface area contributed by atoms with Crippen molar-refractivity contribution in [1.82, 2.24) is 10.7 Å². The number of rotatable bonds is 7. The Hall–Kier alpha value is -3.89. The van der Waals surface area contributed by atoms with E-state index in [0.717, 1.165) is 47.6 Å². The SMILES string of the molecule is N#CC1CCC(CNC(=O)Cc2ccc(C=NNC(=O)c3ccc(O)c(Cl)c3)c3ccccc23)CC1. The number of halogens is 1. The average molecular weight is 503 g/mol. The number of carbonyl (C=O) groups is 2. The number of aromatic hydroxyl groups is 1. The number of nitrogens with one attached hydrogen (secondary N) is 2. The van der Waals surface area contributed by atoms with Gasteiger partial charge in [-0.05, 0) is 66.1 Å². The van der Waals surface area contributed by atoms with Crippen molar-refractivity contribution in [3.05, 3.63) is 76.3 Å². The van der Waals surface area contributed by atoms with Crippen molar-refractivity contribution >= 4 is 40.4 Å². The van der Waals surface area contributed by atoms with Crippen molar-refractivity contribution in [2.45, 2.75) is 32.1 Å². The first-order valence-electron chi connectivity index (χ1n) is 11.9. The van der Waals surface area contributed by atoms with Crippen LogP contribution in [0.25, 0.3) is 10.8 Å². The summed E-state index contributed by atoms with van der Waals surface area (Å²) in [6.45, 7) is 0.644. The van der Waals surface area contributed by atoms with Gasteiger partial charge >= 0.3 is 0 Å². The van der Waals surface area contributed by atoms with E-state index in [-0.39, 0.29) is 34.6 Å². The molecule has 36 heavy (non-hydrogen) atoms. The van der Waals surface area contributed by atoms with Gasteiger partial charge in [-0.25, -0.2) is 5.43 Å². The number of hydrogen-bond donors (Lipinski definition) is 3. The Labute approximate surface area is 214 Å². The summed E-state index contributed by atoms with van der Waals surface area (Å²) in [5.41, 5.74) is 4.46. The molecular weight excluding hydrogens is 476 g/mol. The Kier molecular flexibility index (Phi) is 8.19. The number of amides is 2. The van der Waals surface area contributed by atoms with Gasteiger partial charge in [0, 0.05) is 23.6 Å². The van der Waals surface area contributed by atoms with Crippen molar-refractivity contribution in [1.29, 1.82) is 5.26 Å². The summed E-state index contributed by atoms with van der Waals surface area (Å²) < 4.78 is 0. The maximum atomic E-state index is 12.7. The number of phenolic OH excluding ortho intramolecular Hbond substituents is 1. The van der Waals surface area contributed by atoms with Crippen molar-refractivity contribution in [2.75, 3.05) is 6.54 Å². The van der Waals surface area contributed by atoms with Crippen molar-refractivity contribution in [3.8, 4) is 11.8 Å². The highest BCUT2D eigenvalue weighted by Gasteiger charge is 2.21. The lowest BCUT2D eigenvalue weighted by atomic mass is 9.83. The predicted molar refractivity (Wildman–Crippen MR) is 140 cm³/mol. The van der Waals surface area contributed by atoms with E-state index in [1.165, 1.54) is 18.2 Å². The van der Waals surface area contributed by atoms with Crippen LogP contribution in [-0.2, 0) is 11.2 Å². The molecule has 0 heterocycles. The van der Waals surface area contributed by atoms with Gasteiger partial charge in [0.1, 0.15) is 5.75 Å². The molecule has 0 saturated heterocycles. The first kappa shape index (κ1) is 25.2. The van der Waals surface area contributed by atoms with Gasteiger partial charge in [-0.3, -0.25) is 9.59 Å². The average Bonchev–Trinajstić information content (AvgIpc) is 2.90. The molecule has 0 aromatic heterocycles. The van der Waals surface area contributed by atoms with Crippen molar-refractivity contribution < 1.29 is 14.7 Å². The molecule has 0 unspecified atom stereocenters. The van der Waals surface area contributed by atoms with Gasteiger partial charge in [0.2, 0.25) is 5.91 Å². The molecule has 0 atom stereocenters. The van der Waals surface area contributed by atoms with E-state index < -0.39 is 5.91 Å². The molecule has 1 aliphatic rings. The van der Waals surface area contributed by atoms with E-state index in [4.69, 9.17) is 16.9 Å². The second-order valence-corrected chi connectivity index (χ2v) is 9.46. The largest absolute Gasteiger partial charge is 0.506 e. The summed E-state index contributed by atoms with van der Waals surface area (Å²) in [6.07, 6.45) is 5.60. The molecule has 8 heteroatoms. The van der Waals surface area contributed by atoms with Crippen LogP contribution in [0.15, 0.2) is 59.7 Å². The number of hydrogen-bond acceptors (Lipinski definition) is 5. The number of nitrogens with zero attached hydrogens (tertiary/aromatic N) is 2. The molecule has 0 bridgehead atoms. The van der Waals surface area contributed by atoms with E-state index in [1.54, 1.807) is 6.21 Å². The van der Waals surface area contributed by atoms with Gasteiger partial charge < -0.3 is 10.4 Å². The minimum atomic E-state index is -0.452. The molecule has 2 amide bonds. The smallest absolute Gasteiger partial charge is 0.271 e. The molecule has 1 saturated carbocycles. The first-order chi connectivity index (χ1) is 17.4. The lowest BCUT2D eigenvalue weighted by molar-refractivity contribution is -0.120. The number of carbonyl (C=O) groups excluding carboxylic acids is 2. The van der Waals surface area contributed by atoms with Crippen LogP contribution in [0, 0.1) is 23.2 Å². The third kappa shape index (κ3) is 6.21. The second-order valence-electron chi connectivity index (χ2n) is 9.05. The molecule has 3 aromatic carbocycles. The van der Waals surface area contributed by atoms with Gasteiger partial charge in [-0.15, -0.1) is 0 Å². The third-order valence-electron chi connectivity index (χ3n) is 6.60. The topological polar surface area (TPSA) is 115 Å². The highest BCUT2D eigenvalue weighted by Crippen LogP contribution is 2.28. The van der Waals surface area contributed by atoms with Gasteiger partial charge in [0.15, 0.2) is 0 Å². The molecule has 3 N–H and O–H groups in total. The van der Waals surface area contributed by atoms with Gasteiger partial charge in [-0.2, -0.15) is 10.4 Å². The third-order valence-corrected chi connectivity index (χ3v) is 6.90. The molecule has 3 aromatic rings. The lowest BCUT2D eigenvalue weighted by Crippen LogP contribution is -2.32. The Morgan fingerprint density at radius 1 is 1.08 bits per heavy atom. The van der Waals surface area contributed by atoms with Crippen LogP contribution < -0.4 is 10.7 Å². The monoisotopic (exact) mass is 502 g/mol. The fourth-order valence-electron chi connectivity index (χ4n) is 4.51. The Balaban J connectivity index is 1.39. The van der Waals surface area contributed by atoms with Crippen molar-refractivity contribution in [2.24, 2.45) is 16.9 Å². The zero-order chi connectivity index (χ0) is 25.5. The highest BCUT2D eigenvalue weighted by atomic mass is 35.5. The summed E-state index contributed by atoms with van der Waals surface area (Å²) in [7, 11) is 0. The number of nitriles is 1. The molecule has 4 rings (SSSR count). The quantitative estimate of drug-likeness (QED) is 0.313. The lowest BCUT2D eigenvalue weighted by Gasteiger charge is -2.24. The summed E-state index contributed by atoms with van der Waals surface area (Å²) in [5.74, 6) is 0.0158. The fraction of sp³-hybridized carbons (Fsp3) is 0.286. The number of hydrazone groups is 1. The van der Waals surface area contributed by atoms with Crippen LogP contribution in [0.4, 0.5) is 0 Å². The maximum absolute atomic E-state index is 12.7. The molecule has 184 valence electrons. The van der Waals surface area contributed by atoms with E-state index in [2.05, 4.69) is 21.9 Å². The zero-order valence-electron chi connectivity index (χ0n) is 19.7. The summed E-state index contributed by atoms with van der Waals surface area (Å²) in [5, 5.41) is 27.6. The number of phenols is 1. The van der Waals surface area contributed by atoms with Crippen molar-refractivity contribution in [3.63, 3.8) is 0 Å². The maximum Gasteiger partial charge on any atom is 0.271 e. The Bertz CT molecular complexity index is 1340. The predicted octanol–water partition coefficient (Wildman–Crippen LogP) is 4.95. The van der Waals surface area contributed by atoms with Crippen LogP contribution in [0.2, 0.25) is 5.02 Å². The van der Waals surface area contributed by atoms with Gasteiger partial charge in [0.05, 0.1) is 23.7 Å². The fourth-order valence-corrected chi connectivity index (χ4v) is 4.69. The van der Waals surface area contributed by atoms with E-state index in [0.29, 0.717) is 12.5 Å². The molecular formula is C28H27ClN4O3. The molecule has 0 aliphatic heterocycles. The molecule has 0 radical (unpaired) electrons. The number of benzene rings is 3. The highest BCUT2D eigenvalue weighted by molar-refractivity contribution is 6.32. The first-order valence-corrected chi connectivity index (χ1v) is 12.3. The minimum Gasteiger partial charge on any atom is -0.506 e. The van der Waals surface area contributed by atoms with Crippen LogP contribution in [0.1, 0.15) is 47.2 Å². The summed E-state index contributed by atoms with van der Waals surface area (Å²) in [4.78, 5) is 25.0. The van der Waals surface area contributed by atoms with Crippen LogP contribution >= 0.6 is 11.6 Å². The van der Waals surface area contributed by atoms with E-state index in [1.807, 2.05) is 36.4 Å². The Morgan fingerprint density at radius 3 is 2.56 bits per heavy atom. The normalized spacial score (nSPS) is 17.6. The summed E-state index contributed by atoms with van der Waals surface area (Å²) in [6, 6.07) is 18.1. The van der Waals surface area contributed by atoms with Crippen LogP contribution in [0.3, 0.4) is 0 Å². The standard InChI is InChI=1S/C28H27ClN4O3/c29-25-13-21(11-12-26(25)34)28(36)33-32-17-22-10-9-20(23-3-1-2-4-24(22)23)14-27(35)31-16-19-7-5-18(15-30)6-8-19/h1-4,9-13,17-19,34H,5-8,14,16H2,(H,31,35)(H,33,36). The van der Waals surface area contributed by atoms with E-state index >= 15 is 0 Å². The van der Waals surface area contributed by atoms with Gasteiger partial charge in [0.25, 0.3) is 5.91 Å². The number of fused-ring (bicyclic) bond motifs is 1.